The summed E-state index contributed by atoms with van der Waals surface area (Å²) in [5.41, 5.74) is -1.98. The summed E-state index contributed by atoms with van der Waals surface area (Å²) in [6, 6.07) is 2.09. The Kier molecular flexibility index (Phi) is 3.55. The van der Waals surface area contributed by atoms with Crippen molar-refractivity contribution in [2.24, 2.45) is 0 Å². The third-order valence-corrected chi connectivity index (χ3v) is 2.18. The number of alkyl halides is 3. The molecule has 0 atom stereocenters. The summed E-state index contributed by atoms with van der Waals surface area (Å²) in [7, 11) is 1.02. The van der Waals surface area contributed by atoms with Gasteiger partial charge in [-0.15, -0.1) is 0 Å². The Morgan fingerprint density at radius 3 is 2.29 bits per heavy atom. The second kappa shape index (κ2) is 4.57. The molecule has 0 N–H and O–H groups in total. The van der Waals surface area contributed by atoms with Crippen LogP contribution < -0.4 is 4.74 Å². The van der Waals surface area contributed by atoms with Gasteiger partial charge in [0, 0.05) is 5.56 Å². The molecule has 0 aliphatic carbocycles. The van der Waals surface area contributed by atoms with Crippen molar-refractivity contribution in [2.45, 2.75) is 13.1 Å². The van der Waals surface area contributed by atoms with E-state index >= 15 is 0 Å². The Bertz CT molecular complexity index is 464. The van der Waals surface area contributed by atoms with Gasteiger partial charge in [0.2, 0.25) is 0 Å². The largest absolute Gasteiger partial charge is 0.495 e. The van der Waals surface area contributed by atoms with E-state index in [1.54, 1.807) is 0 Å². The molecule has 0 fully saturated rings. The second-order valence-corrected chi connectivity index (χ2v) is 3.28. The molecule has 0 radical (unpaired) electrons. The Balaban J connectivity index is 3.66. The van der Waals surface area contributed by atoms with Crippen molar-refractivity contribution >= 4 is 12.1 Å². The maximum Gasteiger partial charge on any atom is 0.420 e. The molecule has 0 saturated heterocycles. The van der Waals surface area contributed by atoms with Crippen molar-refractivity contribution in [3.63, 3.8) is 0 Å². The van der Waals surface area contributed by atoms with Crippen molar-refractivity contribution in [2.75, 3.05) is 7.11 Å². The number of carbonyl (C=O) groups is 2. The van der Waals surface area contributed by atoms with Crippen LogP contribution in [-0.4, -0.2) is 19.2 Å². The fourth-order valence-corrected chi connectivity index (χ4v) is 1.48. The maximum atomic E-state index is 12.8. The molecule has 0 bridgehead atoms. The van der Waals surface area contributed by atoms with Crippen molar-refractivity contribution in [1.29, 1.82) is 0 Å². The molecule has 1 aromatic rings. The molecule has 0 unspecified atom stereocenters. The Morgan fingerprint density at radius 2 is 1.94 bits per heavy atom. The molecule has 0 amide bonds. The number of halogens is 3. The van der Waals surface area contributed by atoms with Gasteiger partial charge in [-0.3, -0.25) is 9.59 Å². The number of ketones is 1. The van der Waals surface area contributed by atoms with E-state index in [1.165, 1.54) is 0 Å². The highest BCUT2D eigenvalue weighted by atomic mass is 19.4. The highest BCUT2D eigenvalue weighted by molar-refractivity contribution is 5.98. The van der Waals surface area contributed by atoms with E-state index in [0.717, 1.165) is 26.2 Å². The number of benzene rings is 1. The molecule has 6 heteroatoms. The van der Waals surface area contributed by atoms with Gasteiger partial charge < -0.3 is 4.74 Å². The lowest BCUT2D eigenvalue weighted by atomic mass is 10.0. The van der Waals surface area contributed by atoms with E-state index < -0.39 is 28.8 Å². The topological polar surface area (TPSA) is 43.4 Å². The van der Waals surface area contributed by atoms with Crippen LogP contribution in [0.15, 0.2) is 12.1 Å². The lowest BCUT2D eigenvalue weighted by Crippen LogP contribution is -2.14. The van der Waals surface area contributed by atoms with E-state index in [2.05, 4.69) is 4.74 Å². The number of rotatable bonds is 3. The SMILES string of the molecule is COc1c(C(C)=O)ccc(C=O)c1C(F)(F)F. The predicted octanol–water partition coefficient (Wildman–Crippen LogP) is 2.73. The number of aldehydes is 1. The Labute approximate surface area is 95.2 Å². The van der Waals surface area contributed by atoms with Crippen LogP contribution in [0.4, 0.5) is 13.2 Å². The van der Waals surface area contributed by atoms with Crippen LogP contribution >= 0.6 is 0 Å². The maximum absolute atomic E-state index is 12.8. The van der Waals surface area contributed by atoms with E-state index in [1.807, 2.05) is 0 Å². The smallest absolute Gasteiger partial charge is 0.420 e. The first-order valence-electron chi connectivity index (χ1n) is 4.57. The number of hydrogen-bond acceptors (Lipinski definition) is 3. The molecule has 0 aromatic heterocycles. The quantitative estimate of drug-likeness (QED) is 0.608. The van der Waals surface area contributed by atoms with Gasteiger partial charge in [-0.05, 0) is 13.0 Å². The van der Waals surface area contributed by atoms with E-state index in [9.17, 15) is 22.8 Å². The van der Waals surface area contributed by atoms with Crippen molar-refractivity contribution in [3.8, 4) is 5.75 Å². The highest BCUT2D eigenvalue weighted by Crippen LogP contribution is 2.40. The molecule has 0 spiro atoms. The predicted molar refractivity (Wildman–Crippen MR) is 53.4 cm³/mol. The fourth-order valence-electron chi connectivity index (χ4n) is 1.48. The number of carbonyl (C=O) groups excluding carboxylic acids is 2. The number of Topliss-reactive ketones (excluding diaryl/α,β-unsaturated/α-hetero) is 1. The fraction of sp³-hybridized carbons (Fsp3) is 0.273. The van der Waals surface area contributed by atoms with E-state index in [0.29, 0.717) is 0 Å². The van der Waals surface area contributed by atoms with Crippen molar-refractivity contribution in [3.05, 3.63) is 28.8 Å². The minimum atomic E-state index is -4.76. The first-order valence-corrected chi connectivity index (χ1v) is 4.57. The van der Waals surface area contributed by atoms with Gasteiger partial charge in [-0.1, -0.05) is 6.07 Å². The summed E-state index contributed by atoms with van der Waals surface area (Å²) < 4.78 is 42.9. The minimum Gasteiger partial charge on any atom is -0.495 e. The summed E-state index contributed by atoms with van der Waals surface area (Å²) in [6.45, 7) is 1.12. The van der Waals surface area contributed by atoms with E-state index in [4.69, 9.17) is 0 Å². The number of hydrogen-bond donors (Lipinski definition) is 0. The normalized spacial score (nSPS) is 11.1. The zero-order chi connectivity index (χ0) is 13.2. The zero-order valence-corrected chi connectivity index (χ0v) is 9.09. The molecule has 1 rings (SSSR count). The summed E-state index contributed by atoms with van der Waals surface area (Å²) in [5.74, 6) is -1.18. The summed E-state index contributed by atoms with van der Waals surface area (Å²) in [5, 5.41) is 0. The molecule has 1 aromatic carbocycles. The zero-order valence-electron chi connectivity index (χ0n) is 9.09. The number of methoxy groups -OCH3 is 1. The third kappa shape index (κ3) is 2.46. The Hall–Kier alpha value is -1.85. The average Bonchev–Trinajstić information content (AvgIpc) is 2.25. The lowest BCUT2D eigenvalue weighted by Gasteiger charge is -2.16. The van der Waals surface area contributed by atoms with Crippen LogP contribution in [0.1, 0.15) is 33.2 Å². The first-order chi connectivity index (χ1) is 7.82. The molecular formula is C11H9F3O3. The van der Waals surface area contributed by atoms with Gasteiger partial charge >= 0.3 is 6.18 Å². The lowest BCUT2D eigenvalue weighted by molar-refractivity contribution is -0.139. The summed E-state index contributed by atoms with van der Waals surface area (Å²) in [6.07, 6.45) is -4.68. The van der Waals surface area contributed by atoms with Crippen molar-refractivity contribution < 1.29 is 27.5 Å². The summed E-state index contributed by atoms with van der Waals surface area (Å²) in [4.78, 5) is 21.8. The van der Waals surface area contributed by atoms with Crippen LogP contribution in [0.5, 0.6) is 5.75 Å². The first kappa shape index (κ1) is 13.2. The van der Waals surface area contributed by atoms with Crippen LogP contribution in [0.3, 0.4) is 0 Å². The summed E-state index contributed by atoms with van der Waals surface area (Å²) >= 11 is 0. The highest BCUT2D eigenvalue weighted by Gasteiger charge is 2.38. The van der Waals surface area contributed by atoms with Gasteiger partial charge in [0.25, 0.3) is 0 Å². The minimum absolute atomic E-state index is 0.0786. The third-order valence-electron chi connectivity index (χ3n) is 2.18. The standard InChI is InChI=1S/C11H9F3O3/c1-6(16)8-4-3-7(5-15)9(10(8)17-2)11(12,13)14/h3-5H,1-2H3. The van der Waals surface area contributed by atoms with Gasteiger partial charge in [0.15, 0.2) is 12.1 Å². The van der Waals surface area contributed by atoms with Crippen molar-refractivity contribution in [1.82, 2.24) is 0 Å². The van der Waals surface area contributed by atoms with Gasteiger partial charge in [-0.2, -0.15) is 13.2 Å². The molecule has 17 heavy (non-hydrogen) atoms. The van der Waals surface area contributed by atoms with Gasteiger partial charge in [0.1, 0.15) is 11.3 Å². The molecule has 3 nitrogen and oxygen atoms in total. The number of ether oxygens (including phenoxy) is 1. The van der Waals surface area contributed by atoms with E-state index in [-0.39, 0.29) is 11.8 Å². The average molecular weight is 246 g/mol. The molecular weight excluding hydrogens is 237 g/mol. The van der Waals surface area contributed by atoms with Gasteiger partial charge in [-0.25, -0.2) is 0 Å². The molecule has 0 aliphatic heterocycles. The molecule has 0 heterocycles. The van der Waals surface area contributed by atoms with Crippen LogP contribution in [0.2, 0.25) is 0 Å². The molecule has 92 valence electrons. The molecule has 0 aliphatic rings. The Morgan fingerprint density at radius 1 is 1.35 bits per heavy atom. The van der Waals surface area contributed by atoms with Crippen LogP contribution in [-0.2, 0) is 6.18 Å². The van der Waals surface area contributed by atoms with Crippen LogP contribution in [0, 0.1) is 0 Å². The monoisotopic (exact) mass is 246 g/mol. The second-order valence-electron chi connectivity index (χ2n) is 3.28. The molecule has 0 saturated carbocycles. The van der Waals surface area contributed by atoms with Gasteiger partial charge in [0.05, 0.1) is 12.7 Å². The van der Waals surface area contributed by atoms with Crippen LogP contribution in [0.25, 0.3) is 0 Å².